The number of halogens is 1. The van der Waals surface area contributed by atoms with Crippen molar-refractivity contribution in [3.8, 4) is 6.07 Å². The van der Waals surface area contributed by atoms with Gasteiger partial charge in [-0.3, -0.25) is 4.79 Å². The van der Waals surface area contributed by atoms with E-state index in [0.717, 1.165) is 5.56 Å². The molecule has 1 heterocycles. The average molecular weight is 263 g/mol. The molecule has 94 valence electrons. The Morgan fingerprint density at radius 2 is 1.89 bits per heavy atom. The van der Waals surface area contributed by atoms with Crippen LogP contribution >= 0.6 is 11.6 Å². The largest absolute Gasteiger partial charge is 0.325 e. The maximum atomic E-state index is 12.1. The van der Waals surface area contributed by atoms with Gasteiger partial charge in [-0.2, -0.15) is 5.26 Å². The Balaban J connectivity index is 2.48. The number of carbonyl (C=O) groups is 1. The van der Waals surface area contributed by atoms with Crippen LogP contribution in [0.15, 0.2) is 30.3 Å². The van der Waals surface area contributed by atoms with Gasteiger partial charge < -0.3 is 4.90 Å². The van der Waals surface area contributed by atoms with Crippen LogP contribution in [0.5, 0.6) is 0 Å². The predicted molar refractivity (Wildman–Crippen MR) is 70.0 cm³/mol. The molecule has 18 heavy (non-hydrogen) atoms. The number of nitriles is 1. The zero-order chi connectivity index (χ0) is 13.6. The van der Waals surface area contributed by atoms with E-state index >= 15 is 0 Å². The Morgan fingerprint density at radius 3 is 2.33 bits per heavy atom. The minimum Gasteiger partial charge on any atom is -0.325 e. The summed E-state index contributed by atoms with van der Waals surface area (Å²) in [7, 11) is 0. The van der Waals surface area contributed by atoms with Crippen molar-refractivity contribution < 1.29 is 4.79 Å². The molecular formula is C14H15ClN2O. The van der Waals surface area contributed by atoms with Crippen LogP contribution in [0.2, 0.25) is 0 Å². The number of β-lactam (4-membered cyclic amide) rings is 1. The van der Waals surface area contributed by atoms with E-state index in [-0.39, 0.29) is 11.4 Å². The SMILES string of the molecule is CC(C)(C)N1C(=O)C(Cl)(C#N)C1c1ccccc1. The first-order valence-electron chi connectivity index (χ1n) is 5.81. The summed E-state index contributed by atoms with van der Waals surface area (Å²) in [4.78, 5) is 12.3. The van der Waals surface area contributed by atoms with Crippen LogP contribution in [0, 0.1) is 11.3 Å². The topological polar surface area (TPSA) is 44.1 Å². The van der Waals surface area contributed by atoms with Gasteiger partial charge in [0.05, 0.1) is 12.1 Å². The monoisotopic (exact) mass is 262 g/mol. The molecule has 2 rings (SSSR count). The minimum atomic E-state index is -1.46. The number of hydrogen-bond donors (Lipinski definition) is 0. The number of nitrogens with zero attached hydrogens (tertiary/aromatic N) is 2. The van der Waals surface area contributed by atoms with E-state index in [2.05, 4.69) is 0 Å². The molecule has 3 nitrogen and oxygen atoms in total. The maximum absolute atomic E-state index is 12.1. The highest BCUT2D eigenvalue weighted by Gasteiger charge is 2.64. The molecule has 1 aliphatic rings. The highest BCUT2D eigenvalue weighted by Crippen LogP contribution is 2.50. The second kappa shape index (κ2) is 4.00. The molecule has 1 aromatic rings. The molecule has 1 aliphatic heterocycles. The third-order valence-corrected chi connectivity index (χ3v) is 3.62. The molecule has 0 spiro atoms. The molecule has 2 unspecified atom stereocenters. The normalized spacial score (nSPS) is 27.6. The van der Waals surface area contributed by atoms with Gasteiger partial charge in [-0.15, -0.1) is 0 Å². The van der Waals surface area contributed by atoms with E-state index in [1.807, 2.05) is 57.2 Å². The molecule has 4 heteroatoms. The second-order valence-electron chi connectivity index (χ2n) is 5.48. The Kier molecular flexibility index (Phi) is 2.87. The number of alkyl halides is 1. The van der Waals surface area contributed by atoms with Crippen molar-refractivity contribution in [2.45, 2.75) is 37.2 Å². The number of hydrogen-bond acceptors (Lipinski definition) is 2. The lowest BCUT2D eigenvalue weighted by Gasteiger charge is -2.55. The summed E-state index contributed by atoms with van der Waals surface area (Å²) < 4.78 is 0. The molecule has 1 aromatic carbocycles. The lowest BCUT2D eigenvalue weighted by Crippen LogP contribution is -2.69. The lowest BCUT2D eigenvalue weighted by atomic mass is 9.78. The number of likely N-dealkylation sites (tertiary alicyclic amines) is 1. The fourth-order valence-corrected chi connectivity index (χ4v) is 2.65. The van der Waals surface area contributed by atoms with Crippen LogP contribution in [0.25, 0.3) is 0 Å². The fourth-order valence-electron chi connectivity index (χ4n) is 2.34. The molecular weight excluding hydrogens is 248 g/mol. The average Bonchev–Trinajstić information content (AvgIpc) is 2.33. The van der Waals surface area contributed by atoms with Gasteiger partial charge in [0.1, 0.15) is 0 Å². The molecule has 1 fully saturated rings. The van der Waals surface area contributed by atoms with Gasteiger partial charge in [-0.1, -0.05) is 41.9 Å². The van der Waals surface area contributed by atoms with Crippen molar-refractivity contribution in [1.29, 1.82) is 5.26 Å². The zero-order valence-corrected chi connectivity index (χ0v) is 11.4. The van der Waals surface area contributed by atoms with Crippen molar-refractivity contribution in [3.05, 3.63) is 35.9 Å². The lowest BCUT2D eigenvalue weighted by molar-refractivity contribution is -0.158. The van der Waals surface area contributed by atoms with Gasteiger partial charge in [-0.25, -0.2) is 0 Å². The van der Waals surface area contributed by atoms with E-state index in [1.165, 1.54) is 0 Å². The maximum Gasteiger partial charge on any atom is 0.261 e. The Hall–Kier alpha value is -1.53. The van der Waals surface area contributed by atoms with Crippen molar-refractivity contribution >= 4 is 17.5 Å². The van der Waals surface area contributed by atoms with E-state index < -0.39 is 10.9 Å². The predicted octanol–water partition coefficient (Wildman–Crippen LogP) is 2.87. The number of benzene rings is 1. The first-order chi connectivity index (χ1) is 8.32. The Labute approximate surface area is 112 Å². The molecule has 2 atom stereocenters. The third kappa shape index (κ3) is 1.69. The summed E-state index contributed by atoms with van der Waals surface area (Å²) in [6.07, 6.45) is 0. The van der Waals surface area contributed by atoms with Crippen molar-refractivity contribution in [1.82, 2.24) is 4.90 Å². The minimum absolute atomic E-state index is 0.312. The van der Waals surface area contributed by atoms with Crippen molar-refractivity contribution in [2.24, 2.45) is 0 Å². The molecule has 0 aliphatic carbocycles. The van der Waals surface area contributed by atoms with Crippen LogP contribution in [0.3, 0.4) is 0 Å². The van der Waals surface area contributed by atoms with Crippen LogP contribution in [-0.2, 0) is 4.79 Å². The summed E-state index contributed by atoms with van der Waals surface area (Å²) in [5.74, 6) is -0.312. The van der Waals surface area contributed by atoms with Crippen LogP contribution in [0.1, 0.15) is 32.4 Å². The smallest absolute Gasteiger partial charge is 0.261 e. The number of carbonyl (C=O) groups excluding carboxylic acids is 1. The molecule has 0 aromatic heterocycles. The molecule has 1 saturated heterocycles. The zero-order valence-electron chi connectivity index (χ0n) is 10.6. The molecule has 1 amide bonds. The van der Waals surface area contributed by atoms with Crippen molar-refractivity contribution in [3.63, 3.8) is 0 Å². The highest BCUT2D eigenvalue weighted by atomic mass is 35.5. The molecule has 0 N–H and O–H groups in total. The van der Waals surface area contributed by atoms with Gasteiger partial charge in [0.25, 0.3) is 5.91 Å². The van der Waals surface area contributed by atoms with Gasteiger partial charge in [0.2, 0.25) is 4.87 Å². The summed E-state index contributed by atoms with van der Waals surface area (Å²) >= 11 is 6.19. The first kappa shape index (κ1) is 12.9. The molecule has 0 radical (unpaired) electrons. The standard InChI is InChI=1S/C14H15ClN2O/c1-13(2,3)17-11(10-7-5-4-6-8-10)14(15,9-16)12(17)18/h4-8,11H,1-3H3. The van der Waals surface area contributed by atoms with E-state index in [0.29, 0.717) is 0 Å². The van der Waals surface area contributed by atoms with Crippen LogP contribution < -0.4 is 0 Å². The summed E-state index contributed by atoms with van der Waals surface area (Å²) in [5, 5.41) is 9.20. The second-order valence-corrected chi connectivity index (χ2v) is 6.08. The Bertz CT molecular complexity index is 515. The van der Waals surface area contributed by atoms with E-state index in [9.17, 15) is 10.1 Å². The summed E-state index contributed by atoms with van der Waals surface area (Å²) in [6.45, 7) is 5.82. The molecule has 0 bridgehead atoms. The van der Waals surface area contributed by atoms with Gasteiger partial charge in [0, 0.05) is 5.54 Å². The third-order valence-electron chi connectivity index (χ3n) is 3.17. The molecule has 0 saturated carbocycles. The Morgan fingerprint density at radius 1 is 1.33 bits per heavy atom. The van der Waals surface area contributed by atoms with Gasteiger partial charge in [-0.05, 0) is 26.3 Å². The van der Waals surface area contributed by atoms with Crippen LogP contribution in [-0.4, -0.2) is 21.2 Å². The quantitative estimate of drug-likeness (QED) is 0.577. The number of rotatable bonds is 1. The van der Waals surface area contributed by atoms with Crippen LogP contribution in [0.4, 0.5) is 0 Å². The van der Waals surface area contributed by atoms with Crippen molar-refractivity contribution in [2.75, 3.05) is 0 Å². The first-order valence-corrected chi connectivity index (χ1v) is 6.19. The van der Waals surface area contributed by atoms with E-state index in [1.54, 1.807) is 4.90 Å². The number of amides is 1. The van der Waals surface area contributed by atoms with Gasteiger partial charge >= 0.3 is 0 Å². The fraction of sp³-hybridized carbons (Fsp3) is 0.429. The van der Waals surface area contributed by atoms with Gasteiger partial charge in [0.15, 0.2) is 0 Å². The highest BCUT2D eigenvalue weighted by molar-refractivity contribution is 6.40. The summed E-state index contributed by atoms with van der Waals surface area (Å²) in [5.41, 5.74) is 0.538. The van der Waals surface area contributed by atoms with E-state index in [4.69, 9.17) is 11.6 Å². The summed E-state index contributed by atoms with van der Waals surface area (Å²) in [6, 6.07) is 11.0.